The summed E-state index contributed by atoms with van der Waals surface area (Å²) in [5, 5.41) is 9.64. The van der Waals surface area contributed by atoms with Crippen LogP contribution in [0.1, 0.15) is 90.9 Å². The summed E-state index contributed by atoms with van der Waals surface area (Å²) in [4.78, 5) is 0. The minimum atomic E-state index is 0. The zero-order chi connectivity index (χ0) is 15.1. The Kier molecular flexibility index (Phi) is 18.5. The smallest absolute Gasteiger partial charge is 0.180 e. The van der Waals surface area contributed by atoms with Gasteiger partial charge < -0.3 is 22.0 Å². The van der Waals surface area contributed by atoms with Crippen LogP contribution in [0.5, 0.6) is 0 Å². The van der Waals surface area contributed by atoms with Crippen LogP contribution in [-0.2, 0) is 0 Å². The molecule has 0 aliphatic heterocycles. The van der Waals surface area contributed by atoms with Crippen LogP contribution in [0.2, 0.25) is 0 Å². The molecule has 0 amide bonds. The Bertz CT molecular complexity index is 184. The van der Waals surface area contributed by atoms with Crippen molar-refractivity contribution < 1.29 is 22.0 Å². The fourth-order valence-corrected chi connectivity index (χ4v) is 2.80. The van der Waals surface area contributed by atoms with E-state index in [0.717, 1.165) is 17.6 Å². The number of rotatable bonds is 15. The van der Waals surface area contributed by atoms with Crippen LogP contribution in [-0.4, -0.2) is 36.5 Å². The van der Waals surface area contributed by atoms with Gasteiger partial charge in [0.1, 0.15) is 0 Å². The lowest BCUT2D eigenvalue weighted by molar-refractivity contribution is -0.927. The average Bonchev–Trinajstić information content (AvgIpc) is 2.46. The van der Waals surface area contributed by atoms with E-state index in [4.69, 9.17) is 0 Å². The molecule has 0 heterocycles. The molecule has 0 radical (unpaired) electrons. The van der Waals surface area contributed by atoms with Crippen LogP contribution in [0.4, 0.5) is 0 Å². The zero-order valence-corrected chi connectivity index (χ0v) is 15.6. The van der Waals surface area contributed by atoms with Gasteiger partial charge in [0.2, 0.25) is 0 Å². The summed E-state index contributed by atoms with van der Waals surface area (Å²) in [5.74, 6) is 0. The number of aliphatic hydroxyl groups is 1. The molecule has 0 unspecified atom stereocenters. The number of quaternary nitrogens is 1. The molecular weight excluding hydrogens is 282 g/mol. The summed E-state index contributed by atoms with van der Waals surface area (Å²) in [6.45, 7) is 7.14. The van der Waals surface area contributed by atoms with Crippen molar-refractivity contribution in [3.63, 3.8) is 0 Å². The molecule has 0 aliphatic carbocycles. The van der Waals surface area contributed by atoms with Crippen molar-refractivity contribution in [3.8, 4) is 0 Å². The maximum atomic E-state index is 9.64. The van der Waals surface area contributed by atoms with E-state index in [0.29, 0.717) is 6.73 Å². The molecular formula is C18H40ClNO. The van der Waals surface area contributed by atoms with Gasteiger partial charge in [0, 0.05) is 0 Å². The molecule has 0 atom stereocenters. The molecule has 2 nitrogen and oxygen atoms in total. The Labute approximate surface area is 140 Å². The Balaban J connectivity index is 0. The van der Waals surface area contributed by atoms with Crippen molar-refractivity contribution in [3.05, 3.63) is 0 Å². The Morgan fingerprint density at radius 3 is 1.29 bits per heavy atom. The molecule has 0 fully saturated rings. The molecule has 0 rings (SSSR count). The molecule has 130 valence electrons. The van der Waals surface area contributed by atoms with Crippen LogP contribution >= 0.6 is 0 Å². The predicted molar refractivity (Wildman–Crippen MR) is 89.8 cm³/mol. The van der Waals surface area contributed by atoms with Crippen molar-refractivity contribution in [2.45, 2.75) is 90.9 Å². The number of nitrogens with zero attached hydrogens (tertiary/aromatic N) is 1. The first-order valence-corrected chi connectivity index (χ1v) is 9.13. The van der Waals surface area contributed by atoms with E-state index >= 15 is 0 Å². The number of hydrogen-bond acceptors (Lipinski definition) is 1. The highest BCUT2D eigenvalue weighted by Gasteiger charge is 2.18. The Hall–Kier alpha value is 0.210. The summed E-state index contributed by atoms with van der Waals surface area (Å²) in [6.07, 6.45) is 16.1. The normalized spacial score (nSPS) is 11.4. The summed E-state index contributed by atoms with van der Waals surface area (Å²) in [7, 11) is 2.22. The van der Waals surface area contributed by atoms with E-state index in [2.05, 4.69) is 20.9 Å². The minimum absolute atomic E-state index is 0. The number of aliphatic hydroxyl groups excluding tert-OH is 1. The molecule has 0 saturated heterocycles. The fraction of sp³-hybridized carbons (Fsp3) is 1.00. The quantitative estimate of drug-likeness (QED) is 0.278. The molecule has 0 aliphatic rings. The van der Waals surface area contributed by atoms with Gasteiger partial charge in [-0.15, -0.1) is 0 Å². The van der Waals surface area contributed by atoms with Crippen molar-refractivity contribution >= 4 is 0 Å². The Morgan fingerprint density at radius 1 is 0.619 bits per heavy atom. The number of hydrogen-bond donors (Lipinski definition) is 1. The highest BCUT2D eigenvalue weighted by Crippen LogP contribution is 2.12. The van der Waals surface area contributed by atoms with E-state index in [9.17, 15) is 5.11 Å². The zero-order valence-electron chi connectivity index (χ0n) is 14.9. The average molecular weight is 322 g/mol. The molecule has 0 aromatic carbocycles. The lowest BCUT2D eigenvalue weighted by Crippen LogP contribution is -3.00. The highest BCUT2D eigenvalue weighted by atomic mass is 35.5. The lowest BCUT2D eigenvalue weighted by Gasteiger charge is -2.32. The SMILES string of the molecule is CCCCCCCC[N+](C)(CO)CCCCCCCC.[Cl-]. The van der Waals surface area contributed by atoms with Crippen LogP contribution in [0, 0.1) is 0 Å². The monoisotopic (exact) mass is 321 g/mol. The molecule has 0 aromatic rings. The van der Waals surface area contributed by atoms with Crippen molar-refractivity contribution in [1.29, 1.82) is 0 Å². The molecule has 0 aromatic heterocycles. The van der Waals surface area contributed by atoms with Gasteiger partial charge in [0.05, 0.1) is 20.1 Å². The molecule has 0 spiro atoms. The van der Waals surface area contributed by atoms with Crippen LogP contribution in [0.15, 0.2) is 0 Å². The Morgan fingerprint density at radius 2 is 0.952 bits per heavy atom. The van der Waals surface area contributed by atoms with Gasteiger partial charge in [-0.2, -0.15) is 0 Å². The van der Waals surface area contributed by atoms with E-state index < -0.39 is 0 Å². The minimum Gasteiger partial charge on any atom is -1.00 e. The first-order valence-electron chi connectivity index (χ1n) is 9.13. The van der Waals surface area contributed by atoms with E-state index in [1.54, 1.807) is 0 Å². The third-order valence-corrected chi connectivity index (χ3v) is 4.44. The second kappa shape index (κ2) is 16.6. The van der Waals surface area contributed by atoms with Gasteiger partial charge in [-0.1, -0.05) is 65.2 Å². The van der Waals surface area contributed by atoms with Crippen LogP contribution < -0.4 is 12.4 Å². The van der Waals surface area contributed by atoms with Gasteiger partial charge in [-0.25, -0.2) is 0 Å². The maximum Gasteiger partial charge on any atom is 0.180 e. The highest BCUT2D eigenvalue weighted by molar-refractivity contribution is 4.47. The maximum absolute atomic E-state index is 9.64. The molecule has 3 heteroatoms. The lowest BCUT2D eigenvalue weighted by atomic mass is 10.1. The number of unbranched alkanes of at least 4 members (excludes halogenated alkanes) is 10. The van der Waals surface area contributed by atoms with Crippen molar-refractivity contribution in [1.82, 2.24) is 0 Å². The standard InChI is InChI=1S/C18H40NO.ClH/c1-4-6-8-10-12-14-16-19(3,18-20)17-15-13-11-9-7-5-2;/h20H,4-18H2,1-3H3;1H/q+1;/p-1. The van der Waals surface area contributed by atoms with E-state index in [-0.39, 0.29) is 12.4 Å². The summed E-state index contributed by atoms with van der Waals surface area (Å²) in [5.41, 5.74) is 0. The molecule has 0 bridgehead atoms. The predicted octanol–water partition coefficient (Wildman–Crippen LogP) is 2.11. The largest absolute Gasteiger partial charge is 1.00 e. The summed E-state index contributed by atoms with van der Waals surface area (Å²) < 4.78 is 0.863. The summed E-state index contributed by atoms with van der Waals surface area (Å²) >= 11 is 0. The van der Waals surface area contributed by atoms with Gasteiger partial charge in [0.15, 0.2) is 6.73 Å². The topological polar surface area (TPSA) is 20.2 Å². The van der Waals surface area contributed by atoms with Gasteiger partial charge in [0.25, 0.3) is 0 Å². The van der Waals surface area contributed by atoms with Crippen molar-refractivity contribution in [2.75, 3.05) is 26.9 Å². The fourth-order valence-electron chi connectivity index (χ4n) is 2.80. The van der Waals surface area contributed by atoms with Crippen molar-refractivity contribution in [2.24, 2.45) is 0 Å². The second-order valence-corrected chi connectivity index (χ2v) is 6.74. The first kappa shape index (κ1) is 23.5. The van der Waals surface area contributed by atoms with Gasteiger partial charge in [-0.05, 0) is 25.7 Å². The molecule has 21 heavy (non-hydrogen) atoms. The van der Waals surface area contributed by atoms with Gasteiger partial charge >= 0.3 is 0 Å². The van der Waals surface area contributed by atoms with Crippen LogP contribution in [0.25, 0.3) is 0 Å². The third kappa shape index (κ3) is 14.9. The van der Waals surface area contributed by atoms with E-state index in [1.807, 2.05) is 0 Å². The van der Waals surface area contributed by atoms with Crippen LogP contribution in [0.3, 0.4) is 0 Å². The third-order valence-electron chi connectivity index (χ3n) is 4.44. The van der Waals surface area contributed by atoms with E-state index in [1.165, 1.54) is 77.0 Å². The summed E-state index contributed by atoms with van der Waals surface area (Å²) in [6, 6.07) is 0. The second-order valence-electron chi connectivity index (χ2n) is 6.74. The first-order chi connectivity index (χ1) is 9.68. The van der Waals surface area contributed by atoms with Gasteiger partial charge in [-0.3, -0.25) is 0 Å². The molecule has 0 saturated carbocycles. The number of halogens is 1. The molecule has 1 N–H and O–H groups in total.